The van der Waals surface area contributed by atoms with Gasteiger partial charge in [-0.25, -0.2) is 0 Å². The fourth-order valence-electron chi connectivity index (χ4n) is 6.06. The molecule has 1 atom stereocenters. The number of amides is 2. The lowest BCUT2D eigenvalue weighted by molar-refractivity contribution is -0.122. The number of piperidine rings is 1. The number of hydrogen-bond donors (Lipinski definition) is 2. The lowest BCUT2D eigenvalue weighted by atomic mass is 9.93. The summed E-state index contributed by atoms with van der Waals surface area (Å²) in [5.74, 6) is 0.591. The van der Waals surface area contributed by atoms with Crippen molar-refractivity contribution in [3.05, 3.63) is 36.0 Å². The van der Waals surface area contributed by atoms with E-state index in [0.717, 1.165) is 68.7 Å². The molecular formula is C30H43N5O3. The Morgan fingerprint density at radius 2 is 1.79 bits per heavy atom. The molecule has 0 bridgehead atoms. The molecule has 1 aromatic heterocycles. The quantitative estimate of drug-likeness (QED) is 0.447. The van der Waals surface area contributed by atoms with Crippen LogP contribution in [-0.4, -0.2) is 65.3 Å². The zero-order chi connectivity index (χ0) is 26.3. The number of aromatic nitrogens is 2. The summed E-state index contributed by atoms with van der Waals surface area (Å²) in [6, 6.07) is 10.1. The first-order chi connectivity index (χ1) is 18.6. The van der Waals surface area contributed by atoms with Crippen LogP contribution in [0.3, 0.4) is 0 Å². The van der Waals surface area contributed by atoms with Crippen LogP contribution in [0.2, 0.25) is 0 Å². The summed E-state index contributed by atoms with van der Waals surface area (Å²) in [5.41, 5.74) is 2.25. The summed E-state index contributed by atoms with van der Waals surface area (Å²) in [5, 5.41) is 11.2. The van der Waals surface area contributed by atoms with Crippen molar-refractivity contribution in [3.63, 3.8) is 0 Å². The number of ether oxygens (including phenoxy) is 1. The number of carbonyl (C=O) groups is 2. The highest BCUT2D eigenvalue weighted by Crippen LogP contribution is 2.37. The van der Waals surface area contributed by atoms with Crippen LogP contribution in [0.4, 0.5) is 0 Å². The van der Waals surface area contributed by atoms with Gasteiger partial charge in [0.05, 0.1) is 18.8 Å². The van der Waals surface area contributed by atoms with Gasteiger partial charge < -0.3 is 20.3 Å². The second kappa shape index (κ2) is 12.8. The molecule has 5 rings (SSSR count). The molecule has 1 aliphatic heterocycles. The van der Waals surface area contributed by atoms with E-state index in [2.05, 4.69) is 15.5 Å². The monoisotopic (exact) mass is 521 g/mol. The maximum absolute atomic E-state index is 13.6. The minimum Gasteiger partial charge on any atom is -0.496 e. The Morgan fingerprint density at radius 3 is 2.50 bits per heavy atom. The highest BCUT2D eigenvalue weighted by molar-refractivity contribution is 5.94. The highest BCUT2D eigenvalue weighted by atomic mass is 16.5. The SMILES string of the molecule is COc1ccccc1-c1cc(C(=O)NC(CCN2CCCCC2)CC(=O)NC2CCC2)nn1C1CCCC1. The molecule has 2 aromatic rings. The summed E-state index contributed by atoms with van der Waals surface area (Å²) >= 11 is 0. The molecule has 2 aliphatic carbocycles. The zero-order valence-electron chi connectivity index (χ0n) is 22.8. The van der Waals surface area contributed by atoms with Crippen LogP contribution in [0.5, 0.6) is 5.75 Å². The van der Waals surface area contributed by atoms with E-state index in [1.807, 2.05) is 35.0 Å². The topological polar surface area (TPSA) is 88.5 Å². The van der Waals surface area contributed by atoms with Gasteiger partial charge in [0.1, 0.15) is 5.75 Å². The number of para-hydroxylation sites is 1. The summed E-state index contributed by atoms with van der Waals surface area (Å²) < 4.78 is 7.67. The number of hydrogen-bond acceptors (Lipinski definition) is 5. The molecule has 3 fully saturated rings. The van der Waals surface area contributed by atoms with Gasteiger partial charge in [-0.2, -0.15) is 5.10 Å². The smallest absolute Gasteiger partial charge is 0.272 e. The largest absolute Gasteiger partial charge is 0.496 e. The fourth-order valence-corrected chi connectivity index (χ4v) is 6.06. The molecule has 0 spiro atoms. The number of likely N-dealkylation sites (tertiary alicyclic amines) is 1. The molecule has 2 N–H and O–H groups in total. The minimum atomic E-state index is -0.226. The van der Waals surface area contributed by atoms with Crippen molar-refractivity contribution in [3.8, 4) is 17.0 Å². The molecule has 2 saturated carbocycles. The van der Waals surface area contributed by atoms with E-state index in [4.69, 9.17) is 9.84 Å². The van der Waals surface area contributed by atoms with E-state index in [1.54, 1.807) is 7.11 Å². The Kier molecular flexibility index (Phi) is 8.99. The predicted molar refractivity (Wildman–Crippen MR) is 148 cm³/mol. The molecule has 1 unspecified atom stereocenters. The Morgan fingerprint density at radius 1 is 1.03 bits per heavy atom. The fraction of sp³-hybridized carbons (Fsp3) is 0.633. The average Bonchev–Trinajstić information content (AvgIpc) is 3.60. The minimum absolute atomic E-state index is 0.0323. The third kappa shape index (κ3) is 6.57. The molecule has 1 saturated heterocycles. The molecule has 0 radical (unpaired) electrons. The van der Waals surface area contributed by atoms with Gasteiger partial charge in [0.25, 0.3) is 5.91 Å². The van der Waals surface area contributed by atoms with E-state index in [1.165, 1.54) is 38.5 Å². The first-order valence-corrected chi connectivity index (χ1v) is 14.7. The van der Waals surface area contributed by atoms with Crippen molar-refractivity contribution in [2.24, 2.45) is 0 Å². The first kappa shape index (κ1) is 26.7. The summed E-state index contributed by atoms with van der Waals surface area (Å²) in [6.07, 6.45) is 12.6. The number of nitrogens with one attached hydrogen (secondary N) is 2. The van der Waals surface area contributed by atoms with Crippen molar-refractivity contribution in [1.29, 1.82) is 0 Å². The van der Waals surface area contributed by atoms with Crippen molar-refractivity contribution < 1.29 is 14.3 Å². The van der Waals surface area contributed by atoms with Crippen LogP contribution < -0.4 is 15.4 Å². The Balaban J connectivity index is 1.33. The van der Waals surface area contributed by atoms with Gasteiger partial charge in [-0.3, -0.25) is 14.3 Å². The molecule has 1 aromatic carbocycles. The lowest BCUT2D eigenvalue weighted by Gasteiger charge is -2.29. The molecule has 38 heavy (non-hydrogen) atoms. The molecule has 206 valence electrons. The van der Waals surface area contributed by atoms with Gasteiger partial charge >= 0.3 is 0 Å². The van der Waals surface area contributed by atoms with Gasteiger partial charge in [0, 0.05) is 30.6 Å². The van der Waals surface area contributed by atoms with Gasteiger partial charge in [-0.05, 0) is 82.7 Å². The third-order valence-electron chi connectivity index (χ3n) is 8.50. The zero-order valence-corrected chi connectivity index (χ0v) is 22.8. The van der Waals surface area contributed by atoms with Crippen molar-refractivity contribution in [1.82, 2.24) is 25.3 Å². The van der Waals surface area contributed by atoms with E-state index in [9.17, 15) is 9.59 Å². The van der Waals surface area contributed by atoms with Crippen LogP contribution in [0, 0.1) is 0 Å². The summed E-state index contributed by atoms with van der Waals surface area (Å²) in [7, 11) is 1.67. The second-order valence-corrected chi connectivity index (χ2v) is 11.3. The van der Waals surface area contributed by atoms with Crippen molar-refractivity contribution >= 4 is 11.8 Å². The molecular weight excluding hydrogens is 478 g/mol. The van der Waals surface area contributed by atoms with E-state index in [0.29, 0.717) is 18.2 Å². The molecule has 3 aliphatic rings. The highest BCUT2D eigenvalue weighted by Gasteiger charge is 2.27. The van der Waals surface area contributed by atoms with Crippen LogP contribution in [0.25, 0.3) is 11.3 Å². The summed E-state index contributed by atoms with van der Waals surface area (Å²) in [6.45, 7) is 3.09. The number of carbonyl (C=O) groups excluding carboxylic acids is 2. The van der Waals surface area contributed by atoms with Crippen molar-refractivity contribution in [2.75, 3.05) is 26.7 Å². The maximum Gasteiger partial charge on any atom is 0.272 e. The van der Waals surface area contributed by atoms with E-state index < -0.39 is 0 Å². The number of rotatable bonds is 11. The van der Waals surface area contributed by atoms with E-state index in [-0.39, 0.29) is 23.9 Å². The predicted octanol–water partition coefficient (Wildman–Crippen LogP) is 4.71. The lowest BCUT2D eigenvalue weighted by Crippen LogP contribution is -2.45. The number of benzene rings is 1. The molecule has 2 amide bonds. The van der Waals surface area contributed by atoms with Crippen LogP contribution >= 0.6 is 0 Å². The Hall–Kier alpha value is -2.87. The van der Waals surface area contributed by atoms with E-state index >= 15 is 0 Å². The van der Waals surface area contributed by atoms with Gasteiger partial charge in [0.2, 0.25) is 5.91 Å². The number of nitrogens with zero attached hydrogens (tertiary/aromatic N) is 3. The van der Waals surface area contributed by atoms with Crippen LogP contribution in [0.1, 0.15) is 93.6 Å². The van der Waals surface area contributed by atoms with Crippen LogP contribution in [0.15, 0.2) is 30.3 Å². The van der Waals surface area contributed by atoms with Crippen LogP contribution in [-0.2, 0) is 4.79 Å². The normalized spacial score (nSPS) is 19.6. The molecule has 2 heterocycles. The van der Waals surface area contributed by atoms with Gasteiger partial charge in [-0.1, -0.05) is 31.4 Å². The molecule has 8 nitrogen and oxygen atoms in total. The number of methoxy groups -OCH3 is 1. The second-order valence-electron chi connectivity index (χ2n) is 11.3. The molecule has 8 heteroatoms. The summed E-state index contributed by atoms with van der Waals surface area (Å²) in [4.78, 5) is 28.8. The average molecular weight is 522 g/mol. The van der Waals surface area contributed by atoms with Gasteiger partial charge in [0.15, 0.2) is 5.69 Å². The third-order valence-corrected chi connectivity index (χ3v) is 8.50. The maximum atomic E-state index is 13.6. The standard InChI is InChI=1S/C30H43N5O3/c1-38-28-15-6-5-14-25(28)27-21-26(33-35(27)24-12-3-4-13-24)30(37)32-23(16-19-34-17-7-2-8-18-34)20-29(36)31-22-10-9-11-22/h5-6,14-15,21-24H,2-4,7-13,16-20H2,1H3,(H,31,36)(H,32,37). The Bertz CT molecular complexity index is 1080. The van der Waals surface area contributed by atoms with Gasteiger partial charge in [-0.15, -0.1) is 0 Å². The van der Waals surface area contributed by atoms with Crippen molar-refractivity contribution in [2.45, 2.75) is 95.2 Å². The first-order valence-electron chi connectivity index (χ1n) is 14.7. The Labute approximate surface area is 226 Å².